The zero-order valence-electron chi connectivity index (χ0n) is 16.2. The Morgan fingerprint density at radius 3 is 2.63 bits per heavy atom. The average molecular weight is 422 g/mol. The molecule has 0 radical (unpaired) electrons. The maximum Gasteiger partial charge on any atom is 0.416 e. The first-order valence-corrected chi connectivity index (χ1v) is 8.67. The van der Waals surface area contributed by atoms with Crippen LogP contribution in [0, 0.1) is 24.0 Å². The van der Waals surface area contributed by atoms with E-state index in [1.165, 1.54) is 17.8 Å². The molecule has 1 aromatic carbocycles. The number of rotatable bonds is 5. The number of hydrogen-bond acceptors (Lipinski definition) is 5. The molecule has 0 bridgehead atoms. The van der Waals surface area contributed by atoms with Crippen molar-refractivity contribution in [2.24, 2.45) is 7.05 Å². The molecule has 0 saturated carbocycles. The standard InChI is InChI=1S/C18H17F3N6O3/c1-10-15(23-17(28)16-14(27(29)30)8-22-25(16)3)11(2)26(24-10)9-12-5-4-6-13(7-12)18(19,20)21/h4-8H,9H2,1-3H3,(H,23,28). The van der Waals surface area contributed by atoms with Gasteiger partial charge in [-0.15, -0.1) is 0 Å². The minimum absolute atomic E-state index is 0.0539. The Morgan fingerprint density at radius 2 is 2.00 bits per heavy atom. The number of alkyl halides is 3. The smallest absolute Gasteiger partial charge is 0.317 e. The Kier molecular flexibility index (Phi) is 5.33. The molecule has 2 aromatic heterocycles. The third-order valence-electron chi connectivity index (χ3n) is 4.54. The zero-order valence-corrected chi connectivity index (χ0v) is 16.2. The van der Waals surface area contributed by atoms with Crippen LogP contribution in [0.3, 0.4) is 0 Å². The van der Waals surface area contributed by atoms with Crippen LogP contribution >= 0.6 is 0 Å². The Bertz CT molecular complexity index is 1130. The number of nitrogens with zero attached hydrogens (tertiary/aromatic N) is 5. The van der Waals surface area contributed by atoms with Crippen LogP contribution in [0.5, 0.6) is 0 Å². The van der Waals surface area contributed by atoms with E-state index < -0.39 is 28.3 Å². The van der Waals surface area contributed by atoms with Crippen molar-refractivity contribution < 1.29 is 22.9 Å². The maximum atomic E-state index is 12.9. The van der Waals surface area contributed by atoms with Crippen LogP contribution < -0.4 is 5.32 Å². The number of hydrogen-bond donors (Lipinski definition) is 1. The van der Waals surface area contributed by atoms with E-state index in [9.17, 15) is 28.1 Å². The SMILES string of the molecule is Cc1nn(Cc2cccc(C(F)(F)F)c2)c(C)c1NC(=O)c1c([N+](=O)[O-])cnn1C. The highest BCUT2D eigenvalue weighted by molar-refractivity contribution is 6.06. The number of carbonyl (C=O) groups is 1. The van der Waals surface area contributed by atoms with Gasteiger partial charge in [-0.05, 0) is 31.5 Å². The predicted molar refractivity (Wildman–Crippen MR) is 100 cm³/mol. The summed E-state index contributed by atoms with van der Waals surface area (Å²) >= 11 is 0. The van der Waals surface area contributed by atoms with E-state index >= 15 is 0 Å². The lowest BCUT2D eigenvalue weighted by molar-refractivity contribution is -0.385. The summed E-state index contributed by atoms with van der Waals surface area (Å²) in [6.45, 7) is 3.31. The van der Waals surface area contributed by atoms with Crippen LogP contribution in [0.15, 0.2) is 30.5 Å². The molecular weight excluding hydrogens is 405 g/mol. The molecule has 1 amide bonds. The summed E-state index contributed by atoms with van der Waals surface area (Å²) in [6.07, 6.45) is -3.48. The van der Waals surface area contributed by atoms with Crippen molar-refractivity contribution in [3.05, 3.63) is 68.8 Å². The van der Waals surface area contributed by atoms with Crippen LogP contribution in [0.2, 0.25) is 0 Å². The molecule has 0 fully saturated rings. The molecule has 3 aromatic rings. The zero-order chi connectivity index (χ0) is 22.2. The van der Waals surface area contributed by atoms with Crippen molar-refractivity contribution in [2.75, 3.05) is 5.32 Å². The van der Waals surface area contributed by atoms with Gasteiger partial charge in [0.2, 0.25) is 5.69 Å². The van der Waals surface area contributed by atoms with Gasteiger partial charge in [0.05, 0.1) is 34.1 Å². The van der Waals surface area contributed by atoms with Crippen LogP contribution in [0.25, 0.3) is 0 Å². The van der Waals surface area contributed by atoms with E-state index in [1.807, 2.05) is 0 Å². The second kappa shape index (κ2) is 7.61. The van der Waals surface area contributed by atoms with E-state index in [-0.39, 0.29) is 12.2 Å². The molecule has 2 heterocycles. The molecule has 3 rings (SSSR count). The lowest BCUT2D eigenvalue weighted by atomic mass is 10.1. The predicted octanol–water partition coefficient (Wildman–Crippen LogP) is 3.46. The van der Waals surface area contributed by atoms with Gasteiger partial charge in [0, 0.05) is 7.05 Å². The quantitative estimate of drug-likeness (QED) is 0.500. The van der Waals surface area contributed by atoms with Gasteiger partial charge in [0.15, 0.2) is 0 Å². The fourth-order valence-electron chi connectivity index (χ4n) is 3.05. The summed E-state index contributed by atoms with van der Waals surface area (Å²) in [5, 5.41) is 21.7. The number of aromatic nitrogens is 4. The van der Waals surface area contributed by atoms with Gasteiger partial charge in [0.1, 0.15) is 6.20 Å². The normalized spacial score (nSPS) is 11.5. The van der Waals surface area contributed by atoms with E-state index in [1.54, 1.807) is 19.9 Å². The van der Waals surface area contributed by atoms with Gasteiger partial charge in [-0.1, -0.05) is 12.1 Å². The first kappa shape index (κ1) is 21.0. The first-order valence-electron chi connectivity index (χ1n) is 8.67. The molecule has 0 atom stereocenters. The van der Waals surface area contributed by atoms with E-state index in [4.69, 9.17) is 0 Å². The molecule has 9 nitrogen and oxygen atoms in total. The summed E-state index contributed by atoms with van der Waals surface area (Å²) in [5.41, 5.74) is 0.170. The topological polar surface area (TPSA) is 108 Å². The lowest BCUT2D eigenvalue weighted by Crippen LogP contribution is -2.18. The van der Waals surface area contributed by atoms with Crippen LogP contribution in [-0.4, -0.2) is 30.4 Å². The number of carbonyl (C=O) groups excluding carboxylic acids is 1. The third-order valence-corrected chi connectivity index (χ3v) is 4.54. The minimum atomic E-state index is -4.46. The van der Waals surface area contributed by atoms with Gasteiger partial charge < -0.3 is 5.32 Å². The lowest BCUT2D eigenvalue weighted by Gasteiger charge is -2.10. The summed E-state index contributed by atoms with van der Waals surface area (Å²) in [6, 6.07) is 4.88. The summed E-state index contributed by atoms with van der Waals surface area (Å²) in [4.78, 5) is 23.0. The number of halogens is 3. The van der Waals surface area contributed by atoms with Crippen molar-refractivity contribution in [3.8, 4) is 0 Å². The van der Waals surface area contributed by atoms with Crippen LogP contribution in [-0.2, 0) is 19.8 Å². The van der Waals surface area contributed by atoms with E-state index in [0.717, 1.165) is 23.0 Å². The average Bonchev–Trinajstić information content (AvgIpc) is 3.16. The number of amides is 1. The highest BCUT2D eigenvalue weighted by Gasteiger charge is 2.30. The maximum absolute atomic E-state index is 12.9. The van der Waals surface area contributed by atoms with E-state index in [2.05, 4.69) is 15.5 Å². The Labute approximate surface area is 168 Å². The molecule has 0 aliphatic rings. The molecule has 0 aliphatic heterocycles. The van der Waals surface area contributed by atoms with Gasteiger partial charge in [-0.3, -0.25) is 24.3 Å². The number of nitro groups is 1. The van der Waals surface area contributed by atoms with Gasteiger partial charge in [0.25, 0.3) is 5.91 Å². The minimum Gasteiger partial charge on any atom is -0.317 e. The van der Waals surface area contributed by atoms with Gasteiger partial charge >= 0.3 is 11.9 Å². The van der Waals surface area contributed by atoms with Crippen molar-refractivity contribution in [2.45, 2.75) is 26.6 Å². The molecule has 30 heavy (non-hydrogen) atoms. The Morgan fingerprint density at radius 1 is 1.30 bits per heavy atom. The van der Waals surface area contributed by atoms with Gasteiger partial charge in [-0.2, -0.15) is 23.4 Å². The molecule has 0 saturated heterocycles. The Balaban J connectivity index is 1.88. The first-order chi connectivity index (χ1) is 14.0. The summed E-state index contributed by atoms with van der Waals surface area (Å²) < 4.78 is 41.3. The van der Waals surface area contributed by atoms with Crippen LogP contribution in [0.1, 0.15) is 33.0 Å². The van der Waals surface area contributed by atoms with E-state index in [0.29, 0.717) is 22.6 Å². The molecular formula is C18H17F3N6O3. The fourth-order valence-corrected chi connectivity index (χ4v) is 3.05. The second-order valence-electron chi connectivity index (χ2n) is 6.61. The van der Waals surface area contributed by atoms with Crippen molar-refractivity contribution >= 4 is 17.3 Å². The molecule has 0 spiro atoms. The monoisotopic (exact) mass is 422 g/mol. The number of benzene rings is 1. The van der Waals surface area contributed by atoms with Crippen LogP contribution in [0.4, 0.5) is 24.5 Å². The third kappa shape index (κ3) is 4.02. The molecule has 12 heteroatoms. The molecule has 1 N–H and O–H groups in total. The molecule has 158 valence electrons. The molecule has 0 aliphatic carbocycles. The summed E-state index contributed by atoms with van der Waals surface area (Å²) in [7, 11) is 1.40. The van der Waals surface area contributed by atoms with Crippen molar-refractivity contribution in [1.29, 1.82) is 0 Å². The number of anilines is 1. The molecule has 0 unspecified atom stereocenters. The fraction of sp³-hybridized carbons (Fsp3) is 0.278. The van der Waals surface area contributed by atoms with Crippen molar-refractivity contribution in [1.82, 2.24) is 19.6 Å². The van der Waals surface area contributed by atoms with Gasteiger partial charge in [-0.25, -0.2) is 0 Å². The number of nitrogens with one attached hydrogen (secondary N) is 1. The number of aryl methyl sites for hydroxylation is 2. The highest BCUT2D eigenvalue weighted by Crippen LogP contribution is 2.30. The summed E-state index contributed by atoms with van der Waals surface area (Å²) in [5.74, 6) is -0.744. The highest BCUT2D eigenvalue weighted by atomic mass is 19.4. The largest absolute Gasteiger partial charge is 0.416 e. The second-order valence-corrected chi connectivity index (χ2v) is 6.61. The van der Waals surface area contributed by atoms with Crippen molar-refractivity contribution in [3.63, 3.8) is 0 Å². The Hall–Kier alpha value is -3.70.